The number of aromatic nitrogens is 1. The van der Waals surface area contributed by atoms with Crippen LogP contribution < -0.4 is 5.32 Å². The maximum atomic E-state index is 12.7. The van der Waals surface area contributed by atoms with E-state index in [1.165, 1.54) is 0 Å². The van der Waals surface area contributed by atoms with Gasteiger partial charge in [0.2, 0.25) is 0 Å². The summed E-state index contributed by atoms with van der Waals surface area (Å²) in [5.74, 6) is -0.0631. The molecular weight excluding hydrogens is 300 g/mol. The first kappa shape index (κ1) is 18.4. The van der Waals surface area contributed by atoms with E-state index in [1.54, 1.807) is 0 Å². The fourth-order valence-electron chi connectivity index (χ4n) is 2.92. The summed E-state index contributed by atoms with van der Waals surface area (Å²) in [7, 11) is 0. The van der Waals surface area contributed by atoms with Crippen molar-refractivity contribution in [1.82, 2.24) is 10.3 Å². The zero-order chi connectivity index (χ0) is 17.9. The molecule has 1 unspecified atom stereocenters. The summed E-state index contributed by atoms with van der Waals surface area (Å²) < 4.78 is 0. The summed E-state index contributed by atoms with van der Waals surface area (Å²) >= 11 is 0. The number of rotatable bonds is 6. The van der Waals surface area contributed by atoms with Crippen LogP contribution >= 0.6 is 0 Å². The summed E-state index contributed by atoms with van der Waals surface area (Å²) in [6.07, 6.45) is 2.45. The predicted octanol–water partition coefficient (Wildman–Crippen LogP) is 3.91. The molecule has 2 rings (SSSR count). The summed E-state index contributed by atoms with van der Waals surface area (Å²) in [5, 5.41) is 13.7. The lowest BCUT2D eigenvalue weighted by Crippen LogP contribution is -2.33. The zero-order valence-electron chi connectivity index (χ0n) is 15.3. The van der Waals surface area contributed by atoms with Crippen LogP contribution in [0.1, 0.15) is 61.6 Å². The molecule has 1 amide bonds. The SMILES string of the molecule is Cc1cc(C(=O)NC(C)CCCC(C)(C)O)c2cccc(C)c2n1. The minimum Gasteiger partial charge on any atom is -0.390 e. The largest absolute Gasteiger partial charge is 0.390 e. The van der Waals surface area contributed by atoms with E-state index in [0.29, 0.717) is 5.56 Å². The number of amides is 1. The van der Waals surface area contributed by atoms with Crippen LogP contribution in [0, 0.1) is 13.8 Å². The molecule has 0 bridgehead atoms. The number of hydrogen-bond acceptors (Lipinski definition) is 3. The van der Waals surface area contributed by atoms with Gasteiger partial charge in [-0.2, -0.15) is 0 Å². The van der Waals surface area contributed by atoms with Crippen molar-refractivity contribution in [3.63, 3.8) is 0 Å². The van der Waals surface area contributed by atoms with Gasteiger partial charge in [-0.25, -0.2) is 0 Å². The smallest absolute Gasteiger partial charge is 0.252 e. The first-order valence-corrected chi connectivity index (χ1v) is 8.57. The van der Waals surface area contributed by atoms with E-state index in [-0.39, 0.29) is 11.9 Å². The lowest BCUT2D eigenvalue weighted by Gasteiger charge is -2.19. The summed E-state index contributed by atoms with van der Waals surface area (Å²) in [6.45, 7) is 9.55. The van der Waals surface area contributed by atoms with Crippen LogP contribution in [-0.2, 0) is 0 Å². The molecule has 4 heteroatoms. The minimum absolute atomic E-state index is 0.0631. The maximum Gasteiger partial charge on any atom is 0.252 e. The molecule has 0 aliphatic heterocycles. The minimum atomic E-state index is -0.653. The highest BCUT2D eigenvalue weighted by Gasteiger charge is 2.16. The Morgan fingerprint density at radius 1 is 1.33 bits per heavy atom. The zero-order valence-corrected chi connectivity index (χ0v) is 15.3. The average molecular weight is 328 g/mol. The lowest BCUT2D eigenvalue weighted by molar-refractivity contribution is 0.0674. The number of nitrogens with one attached hydrogen (secondary N) is 1. The fourth-order valence-corrected chi connectivity index (χ4v) is 2.92. The third-order valence-electron chi connectivity index (χ3n) is 4.22. The molecule has 0 saturated carbocycles. The van der Waals surface area contributed by atoms with Crippen molar-refractivity contribution >= 4 is 16.8 Å². The van der Waals surface area contributed by atoms with Crippen LogP contribution in [0.25, 0.3) is 10.9 Å². The van der Waals surface area contributed by atoms with Gasteiger partial charge in [0.1, 0.15) is 0 Å². The monoisotopic (exact) mass is 328 g/mol. The molecule has 130 valence electrons. The van der Waals surface area contributed by atoms with Crippen LogP contribution in [0.5, 0.6) is 0 Å². The fraction of sp³-hybridized carbons (Fsp3) is 0.500. The highest BCUT2D eigenvalue weighted by atomic mass is 16.3. The van der Waals surface area contributed by atoms with Crippen molar-refractivity contribution in [2.45, 2.75) is 65.5 Å². The van der Waals surface area contributed by atoms with Gasteiger partial charge < -0.3 is 10.4 Å². The highest BCUT2D eigenvalue weighted by molar-refractivity contribution is 6.06. The summed E-state index contributed by atoms with van der Waals surface area (Å²) in [5.41, 5.74) is 2.83. The Hall–Kier alpha value is -1.94. The van der Waals surface area contributed by atoms with E-state index >= 15 is 0 Å². The number of para-hydroxylation sites is 1. The van der Waals surface area contributed by atoms with Gasteiger partial charge in [0.15, 0.2) is 0 Å². The second kappa shape index (κ2) is 7.31. The second-order valence-electron chi connectivity index (χ2n) is 7.36. The number of benzene rings is 1. The Labute approximate surface area is 144 Å². The molecule has 1 aromatic heterocycles. The molecule has 1 aromatic carbocycles. The molecule has 1 atom stereocenters. The number of hydrogen-bond donors (Lipinski definition) is 2. The van der Waals surface area contributed by atoms with Crippen molar-refractivity contribution in [1.29, 1.82) is 0 Å². The molecule has 0 aliphatic carbocycles. The van der Waals surface area contributed by atoms with Crippen molar-refractivity contribution in [3.05, 3.63) is 41.1 Å². The molecule has 24 heavy (non-hydrogen) atoms. The van der Waals surface area contributed by atoms with E-state index in [1.807, 2.05) is 58.9 Å². The van der Waals surface area contributed by atoms with Crippen LogP contribution in [0.15, 0.2) is 24.3 Å². The number of aryl methyl sites for hydroxylation is 2. The van der Waals surface area contributed by atoms with E-state index in [4.69, 9.17) is 0 Å². The summed E-state index contributed by atoms with van der Waals surface area (Å²) in [6, 6.07) is 7.82. The lowest BCUT2D eigenvalue weighted by atomic mass is 9.99. The van der Waals surface area contributed by atoms with Crippen LogP contribution in [-0.4, -0.2) is 27.6 Å². The predicted molar refractivity (Wildman–Crippen MR) is 98.3 cm³/mol. The van der Waals surface area contributed by atoms with Gasteiger partial charge in [-0.05, 0) is 65.5 Å². The Bertz CT molecular complexity index is 732. The van der Waals surface area contributed by atoms with Crippen molar-refractivity contribution < 1.29 is 9.90 Å². The van der Waals surface area contributed by atoms with Gasteiger partial charge in [0.05, 0.1) is 16.7 Å². The molecule has 2 N–H and O–H groups in total. The first-order chi connectivity index (χ1) is 11.2. The van der Waals surface area contributed by atoms with Crippen LogP contribution in [0.3, 0.4) is 0 Å². The van der Waals surface area contributed by atoms with Crippen molar-refractivity contribution in [3.8, 4) is 0 Å². The van der Waals surface area contributed by atoms with Gasteiger partial charge in [0.25, 0.3) is 5.91 Å². The number of aliphatic hydroxyl groups is 1. The first-order valence-electron chi connectivity index (χ1n) is 8.57. The van der Waals surface area contributed by atoms with Gasteiger partial charge >= 0.3 is 0 Å². The van der Waals surface area contributed by atoms with Gasteiger partial charge in [-0.1, -0.05) is 18.2 Å². The van der Waals surface area contributed by atoms with Crippen LogP contribution in [0.2, 0.25) is 0 Å². The highest BCUT2D eigenvalue weighted by Crippen LogP contribution is 2.22. The van der Waals surface area contributed by atoms with Gasteiger partial charge in [-0.3, -0.25) is 9.78 Å². The third kappa shape index (κ3) is 4.78. The Kier molecular flexibility index (Phi) is 5.60. The molecule has 0 aliphatic rings. The molecule has 0 radical (unpaired) electrons. The molecule has 0 saturated heterocycles. The number of carbonyl (C=O) groups is 1. The molecule has 1 heterocycles. The molecule has 0 spiro atoms. The van der Waals surface area contributed by atoms with E-state index < -0.39 is 5.60 Å². The van der Waals surface area contributed by atoms with Crippen molar-refractivity contribution in [2.24, 2.45) is 0 Å². The number of carbonyl (C=O) groups excluding carboxylic acids is 1. The van der Waals surface area contributed by atoms with E-state index in [0.717, 1.165) is 41.4 Å². The molecule has 2 aromatic rings. The standard InChI is InChI=1S/C20H28N2O2/c1-13-8-6-10-16-17(12-15(3)21-18(13)16)19(23)22-14(2)9-7-11-20(4,5)24/h6,8,10,12,14,24H,7,9,11H2,1-5H3,(H,22,23). The quantitative estimate of drug-likeness (QED) is 0.845. The van der Waals surface area contributed by atoms with Crippen LogP contribution in [0.4, 0.5) is 0 Å². The third-order valence-corrected chi connectivity index (χ3v) is 4.22. The van der Waals surface area contributed by atoms with E-state index in [2.05, 4.69) is 10.3 Å². The average Bonchev–Trinajstić information content (AvgIpc) is 2.46. The number of fused-ring (bicyclic) bond motifs is 1. The van der Waals surface area contributed by atoms with E-state index in [9.17, 15) is 9.90 Å². The second-order valence-corrected chi connectivity index (χ2v) is 7.36. The molecule has 0 fully saturated rings. The van der Waals surface area contributed by atoms with Gasteiger partial charge in [0, 0.05) is 17.1 Å². The Balaban J connectivity index is 2.13. The number of pyridine rings is 1. The Morgan fingerprint density at radius 3 is 2.71 bits per heavy atom. The maximum absolute atomic E-state index is 12.7. The topological polar surface area (TPSA) is 62.2 Å². The molecular formula is C20H28N2O2. The number of nitrogens with zero attached hydrogens (tertiary/aromatic N) is 1. The summed E-state index contributed by atoms with van der Waals surface area (Å²) in [4.78, 5) is 17.3. The van der Waals surface area contributed by atoms with Gasteiger partial charge in [-0.15, -0.1) is 0 Å². The molecule has 4 nitrogen and oxygen atoms in total. The normalized spacial score (nSPS) is 13.1. The van der Waals surface area contributed by atoms with Crippen molar-refractivity contribution in [2.75, 3.05) is 0 Å². The Morgan fingerprint density at radius 2 is 2.04 bits per heavy atom.